The highest BCUT2D eigenvalue weighted by atomic mass is 16.5. The molecule has 1 saturated heterocycles. The Labute approximate surface area is 146 Å². The topological polar surface area (TPSA) is 93.1 Å². The first-order valence-electron chi connectivity index (χ1n) is 8.39. The summed E-state index contributed by atoms with van der Waals surface area (Å²) in [4.78, 5) is 31.4. The van der Waals surface area contributed by atoms with Gasteiger partial charge in [-0.1, -0.05) is 0 Å². The Balaban J connectivity index is 1.74. The Kier molecular flexibility index (Phi) is 5.84. The van der Waals surface area contributed by atoms with Gasteiger partial charge in [-0.15, -0.1) is 0 Å². The van der Waals surface area contributed by atoms with Gasteiger partial charge in [0.05, 0.1) is 18.7 Å². The quantitative estimate of drug-likeness (QED) is 0.855. The second-order valence-electron chi connectivity index (χ2n) is 5.91. The summed E-state index contributed by atoms with van der Waals surface area (Å²) < 4.78 is 5.01. The largest absolute Gasteiger partial charge is 0.384 e. The first-order chi connectivity index (χ1) is 12.3. The minimum Gasteiger partial charge on any atom is -0.384 e. The van der Waals surface area contributed by atoms with Gasteiger partial charge in [-0.3, -0.25) is 9.78 Å². The molecular weight excluding hydrogens is 320 g/mol. The van der Waals surface area contributed by atoms with E-state index in [-0.39, 0.29) is 11.8 Å². The monoisotopic (exact) mass is 342 g/mol. The molecule has 8 heteroatoms. The number of rotatable bonds is 6. The average molecular weight is 342 g/mol. The fourth-order valence-corrected chi connectivity index (χ4v) is 2.99. The first kappa shape index (κ1) is 17.2. The molecule has 1 aliphatic rings. The van der Waals surface area contributed by atoms with Gasteiger partial charge in [0.25, 0.3) is 0 Å². The number of amides is 1. The van der Waals surface area contributed by atoms with Gasteiger partial charge in [0.1, 0.15) is 0 Å². The van der Waals surface area contributed by atoms with Crippen LogP contribution in [0.4, 0.5) is 11.8 Å². The Morgan fingerprint density at radius 1 is 1.24 bits per heavy atom. The van der Waals surface area contributed by atoms with Gasteiger partial charge in [0.2, 0.25) is 11.9 Å². The molecule has 0 spiro atoms. The van der Waals surface area contributed by atoms with Crippen LogP contribution in [0, 0.1) is 0 Å². The van der Waals surface area contributed by atoms with Crippen LogP contribution in [-0.4, -0.2) is 57.5 Å². The maximum atomic E-state index is 12.3. The van der Waals surface area contributed by atoms with Crippen LogP contribution >= 0.6 is 0 Å². The van der Waals surface area contributed by atoms with E-state index in [1.54, 1.807) is 38.0 Å². The van der Waals surface area contributed by atoms with E-state index in [4.69, 9.17) is 4.74 Å². The molecule has 1 aliphatic heterocycles. The number of methoxy groups -OCH3 is 1. The summed E-state index contributed by atoms with van der Waals surface area (Å²) in [6.45, 7) is 1.87. The second-order valence-corrected chi connectivity index (χ2v) is 5.91. The minimum atomic E-state index is 0.122. The van der Waals surface area contributed by atoms with Gasteiger partial charge in [-0.2, -0.15) is 0 Å². The Morgan fingerprint density at radius 3 is 2.84 bits per heavy atom. The van der Waals surface area contributed by atoms with Crippen LogP contribution in [-0.2, 0) is 9.53 Å². The highest BCUT2D eigenvalue weighted by Gasteiger charge is 2.27. The van der Waals surface area contributed by atoms with Gasteiger partial charge >= 0.3 is 0 Å². The molecule has 25 heavy (non-hydrogen) atoms. The fraction of sp³-hybridized carbons (Fsp3) is 0.471. The van der Waals surface area contributed by atoms with Crippen LogP contribution in [0.15, 0.2) is 30.9 Å². The number of ether oxygens (including phenoxy) is 1. The molecule has 1 N–H and O–H groups in total. The summed E-state index contributed by atoms with van der Waals surface area (Å²) in [7, 11) is 1.61. The summed E-state index contributed by atoms with van der Waals surface area (Å²) in [6.07, 6.45) is 8.98. The van der Waals surface area contributed by atoms with Crippen LogP contribution in [0.25, 0.3) is 0 Å². The fourth-order valence-electron chi connectivity index (χ4n) is 2.99. The maximum Gasteiger partial charge on any atom is 0.228 e. The number of carbonyl (C=O) groups is 1. The van der Waals surface area contributed by atoms with Gasteiger partial charge in [-0.25, -0.2) is 15.0 Å². The van der Waals surface area contributed by atoms with Crippen molar-refractivity contribution in [2.75, 3.05) is 32.1 Å². The molecule has 2 aromatic heterocycles. The smallest absolute Gasteiger partial charge is 0.228 e. The Hall–Kier alpha value is -2.61. The third kappa shape index (κ3) is 4.48. The molecule has 8 nitrogen and oxygen atoms in total. The van der Waals surface area contributed by atoms with E-state index in [9.17, 15) is 4.79 Å². The van der Waals surface area contributed by atoms with Crippen molar-refractivity contribution in [2.45, 2.75) is 25.2 Å². The van der Waals surface area contributed by atoms with Crippen molar-refractivity contribution in [1.82, 2.24) is 24.8 Å². The van der Waals surface area contributed by atoms with Crippen molar-refractivity contribution in [2.24, 2.45) is 0 Å². The standard InChI is InChI=1S/C17H22N6O2/c1-25-11-5-14(24)23-10-2-4-13(12-23)15-16(19-9-8-18-15)22-17-20-6-3-7-21-17/h3,6-9,13H,2,4-5,10-12H2,1H3,(H,19,20,21,22). The van der Waals surface area contributed by atoms with Crippen molar-refractivity contribution in [3.05, 3.63) is 36.5 Å². The highest BCUT2D eigenvalue weighted by molar-refractivity contribution is 5.76. The number of carbonyl (C=O) groups excluding carboxylic acids is 1. The molecule has 1 atom stereocenters. The molecule has 0 aliphatic carbocycles. The molecular formula is C17H22N6O2. The molecule has 0 saturated carbocycles. The molecule has 1 amide bonds. The van der Waals surface area contributed by atoms with Gasteiger partial charge in [0, 0.05) is 50.9 Å². The lowest BCUT2D eigenvalue weighted by Gasteiger charge is -2.33. The average Bonchev–Trinajstić information content (AvgIpc) is 2.67. The molecule has 2 aromatic rings. The van der Waals surface area contributed by atoms with E-state index in [1.807, 2.05) is 4.90 Å². The number of nitrogens with zero attached hydrogens (tertiary/aromatic N) is 5. The van der Waals surface area contributed by atoms with E-state index in [1.165, 1.54) is 0 Å². The molecule has 3 heterocycles. The molecule has 1 unspecified atom stereocenters. The third-order valence-corrected chi connectivity index (χ3v) is 4.20. The zero-order chi connectivity index (χ0) is 17.5. The summed E-state index contributed by atoms with van der Waals surface area (Å²) in [5.41, 5.74) is 0.846. The van der Waals surface area contributed by atoms with Crippen LogP contribution < -0.4 is 5.32 Å². The molecule has 0 bridgehead atoms. The van der Waals surface area contributed by atoms with Crippen molar-refractivity contribution in [1.29, 1.82) is 0 Å². The maximum absolute atomic E-state index is 12.3. The van der Waals surface area contributed by atoms with E-state index in [2.05, 4.69) is 25.3 Å². The Bertz CT molecular complexity index is 697. The first-order valence-corrected chi connectivity index (χ1v) is 8.39. The zero-order valence-electron chi connectivity index (χ0n) is 14.3. The SMILES string of the molecule is COCCC(=O)N1CCCC(c2nccnc2Nc2ncccn2)C1. The van der Waals surface area contributed by atoms with E-state index in [0.717, 1.165) is 25.1 Å². The number of hydrogen-bond acceptors (Lipinski definition) is 7. The predicted octanol–water partition coefficient (Wildman–Crippen LogP) is 1.75. The summed E-state index contributed by atoms with van der Waals surface area (Å²) >= 11 is 0. The number of likely N-dealkylation sites (tertiary alicyclic amines) is 1. The lowest BCUT2D eigenvalue weighted by molar-refractivity contribution is -0.133. The number of anilines is 2. The normalized spacial score (nSPS) is 17.3. The van der Waals surface area contributed by atoms with Crippen LogP contribution in [0.3, 0.4) is 0 Å². The lowest BCUT2D eigenvalue weighted by Crippen LogP contribution is -2.39. The van der Waals surface area contributed by atoms with Crippen LogP contribution in [0.5, 0.6) is 0 Å². The van der Waals surface area contributed by atoms with Gasteiger partial charge < -0.3 is 15.0 Å². The number of piperidine rings is 1. The number of hydrogen-bond donors (Lipinski definition) is 1. The lowest BCUT2D eigenvalue weighted by atomic mass is 9.94. The van der Waals surface area contributed by atoms with Crippen molar-refractivity contribution >= 4 is 17.7 Å². The van der Waals surface area contributed by atoms with Crippen LogP contribution in [0.2, 0.25) is 0 Å². The summed E-state index contributed by atoms with van der Waals surface area (Å²) in [6, 6.07) is 1.76. The Morgan fingerprint density at radius 2 is 2.04 bits per heavy atom. The molecule has 132 valence electrons. The summed E-state index contributed by atoms with van der Waals surface area (Å²) in [5, 5.41) is 3.13. The third-order valence-electron chi connectivity index (χ3n) is 4.20. The number of aromatic nitrogens is 4. The number of nitrogens with one attached hydrogen (secondary N) is 1. The van der Waals surface area contributed by atoms with Crippen molar-refractivity contribution in [3.8, 4) is 0 Å². The molecule has 0 aromatic carbocycles. The zero-order valence-corrected chi connectivity index (χ0v) is 14.3. The second kappa shape index (κ2) is 8.48. The van der Waals surface area contributed by atoms with Gasteiger partial charge in [0.15, 0.2) is 5.82 Å². The van der Waals surface area contributed by atoms with E-state index < -0.39 is 0 Å². The van der Waals surface area contributed by atoms with E-state index in [0.29, 0.717) is 31.3 Å². The van der Waals surface area contributed by atoms with Crippen molar-refractivity contribution in [3.63, 3.8) is 0 Å². The summed E-state index contributed by atoms with van der Waals surface area (Å²) in [5.74, 6) is 1.38. The van der Waals surface area contributed by atoms with E-state index >= 15 is 0 Å². The predicted molar refractivity (Wildman–Crippen MR) is 92.4 cm³/mol. The van der Waals surface area contributed by atoms with Gasteiger partial charge in [-0.05, 0) is 18.9 Å². The highest BCUT2D eigenvalue weighted by Crippen LogP contribution is 2.30. The minimum absolute atomic E-state index is 0.122. The molecule has 3 rings (SSSR count). The van der Waals surface area contributed by atoms with Crippen molar-refractivity contribution < 1.29 is 9.53 Å². The molecule has 1 fully saturated rings. The van der Waals surface area contributed by atoms with Crippen LogP contribution in [0.1, 0.15) is 30.9 Å². The molecule has 0 radical (unpaired) electrons.